The van der Waals surface area contributed by atoms with Gasteiger partial charge in [-0.1, -0.05) is 11.8 Å². The number of hydrogen-bond acceptors (Lipinski definition) is 6. The molecule has 0 saturated carbocycles. The van der Waals surface area contributed by atoms with Gasteiger partial charge in [0, 0.05) is 29.8 Å². The highest BCUT2D eigenvalue weighted by Gasteiger charge is 2.18. The average Bonchev–Trinajstić information content (AvgIpc) is 3.16. The first-order chi connectivity index (χ1) is 14.4. The van der Waals surface area contributed by atoms with Crippen LogP contribution < -0.4 is 10.1 Å². The number of thioether (sulfide) groups is 1. The van der Waals surface area contributed by atoms with E-state index in [1.54, 1.807) is 31.4 Å². The molecule has 0 aliphatic carbocycles. The minimum absolute atomic E-state index is 0.0151. The summed E-state index contributed by atoms with van der Waals surface area (Å²) in [5, 5.41) is 12.0. The lowest BCUT2D eigenvalue weighted by Gasteiger charge is -2.14. The molecule has 0 fully saturated rings. The number of rotatable bonds is 8. The van der Waals surface area contributed by atoms with Crippen molar-refractivity contribution in [1.82, 2.24) is 14.8 Å². The number of methoxy groups -OCH3 is 1. The number of aromatic nitrogens is 3. The van der Waals surface area contributed by atoms with Crippen LogP contribution in [0.15, 0.2) is 53.7 Å². The van der Waals surface area contributed by atoms with Crippen LogP contribution in [0.1, 0.15) is 37.2 Å². The summed E-state index contributed by atoms with van der Waals surface area (Å²) in [6, 6.07) is 14.6. The van der Waals surface area contributed by atoms with Gasteiger partial charge in [0.05, 0.1) is 12.9 Å². The molecule has 30 heavy (non-hydrogen) atoms. The van der Waals surface area contributed by atoms with Crippen LogP contribution in [0.3, 0.4) is 0 Å². The lowest BCUT2D eigenvalue weighted by atomic mass is 10.1. The van der Waals surface area contributed by atoms with Crippen molar-refractivity contribution in [3.05, 3.63) is 54.1 Å². The first-order valence-corrected chi connectivity index (χ1v) is 10.5. The Balaban J connectivity index is 1.74. The molecule has 1 aromatic heterocycles. The highest BCUT2D eigenvalue weighted by atomic mass is 32.2. The zero-order chi connectivity index (χ0) is 21.7. The van der Waals surface area contributed by atoms with Gasteiger partial charge in [-0.2, -0.15) is 0 Å². The van der Waals surface area contributed by atoms with E-state index in [-0.39, 0.29) is 23.5 Å². The number of nitrogens with zero attached hydrogens (tertiary/aromatic N) is 3. The van der Waals surface area contributed by atoms with Crippen molar-refractivity contribution in [3.8, 4) is 17.1 Å². The standard InChI is InChI=1S/C22H24N4O3S/c1-14(2)26-21(17-7-11-19(29-4)12-8-17)24-25-22(26)30-13-20(28)16-5-9-18(10-6-16)23-15(3)27/h5-12,14H,13H2,1-4H3,(H,23,27). The molecule has 0 radical (unpaired) electrons. The molecule has 1 heterocycles. The Bertz CT molecular complexity index is 1030. The normalized spacial score (nSPS) is 10.8. The smallest absolute Gasteiger partial charge is 0.221 e. The highest BCUT2D eigenvalue weighted by molar-refractivity contribution is 7.99. The van der Waals surface area contributed by atoms with Crippen LogP contribution in [0.4, 0.5) is 5.69 Å². The number of carbonyl (C=O) groups is 2. The van der Waals surface area contributed by atoms with E-state index in [1.807, 2.05) is 28.8 Å². The minimum atomic E-state index is -0.148. The number of ketones is 1. The largest absolute Gasteiger partial charge is 0.497 e. The molecule has 0 atom stereocenters. The van der Waals surface area contributed by atoms with Gasteiger partial charge in [-0.25, -0.2) is 0 Å². The van der Waals surface area contributed by atoms with Crippen LogP contribution in [0.2, 0.25) is 0 Å². The summed E-state index contributed by atoms with van der Waals surface area (Å²) in [5.41, 5.74) is 2.18. The Labute approximate surface area is 179 Å². The van der Waals surface area contributed by atoms with Gasteiger partial charge >= 0.3 is 0 Å². The summed E-state index contributed by atoms with van der Waals surface area (Å²) in [6.45, 7) is 5.56. The molecule has 0 aliphatic rings. The van der Waals surface area contributed by atoms with Crippen LogP contribution in [-0.2, 0) is 4.79 Å². The zero-order valence-electron chi connectivity index (χ0n) is 17.4. The second-order valence-corrected chi connectivity index (χ2v) is 7.91. The van der Waals surface area contributed by atoms with E-state index in [0.717, 1.165) is 17.1 Å². The highest BCUT2D eigenvalue weighted by Crippen LogP contribution is 2.29. The number of ether oxygens (including phenoxy) is 1. The van der Waals surface area contributed by atoms with Gasteiger partial charge in [-0.15, -0.1) is 10.2 Å². The summed E-state index contributed by atoms with van der Waals surface area (Å²) in [6.07, 6.45) is 0. The van der Waals surface area contributed by atoms with Gasteiger partial charge in [-0.05, 0) is 62.4 Å². The first-order valence-electron chi connectivity index (χ1n) is 9.52. The SMILES string of the molecule is COc1ccc(-c2nnc(SCC(=O)c3ccc(NC(C)=O)cc3)n2C(C)C)cc1. The van der Waals surface area contributed by atoms with E-state index in [1.165, 1.54) is 18.7 Å². The molecule has 1 amide bonds. The summed E-state index contributed by atoms with van der Waals surface area (Å²) in [7, 11) is 1.63. The Morgan fingerprint density at radius 2 is 1.73 bits per heavy atom. The second-order valence-electron chi connectivity index (χ2n) is 6.97. The maximum absolute atomic E-state index is 12.6. The van der Waals surface area contributed by atoms with Gasteiger partial charge < -0.3 is 10.1 Å². The van der Waals surface area contributed by atoms with E-state index >= 15 is 0 Å². The lowest BCUT2D eigenvalue weighted by molar-refractivity contribution is -0.114. The van der Waals surface area contributed by atoms with Gasteiger partial charge in [-0.3, -0.25) is 14.2 Å². The summed E-state index contributed by atoms with van der Waals surface area (Å²) < 4.78 is 7.24. The molecule has 1 N–H and O–H groups in total. The second kappa shape index (κ2) is 9.58. The van der Waals surface area contributed by atoms with Crippen LogP contribution in [0, 0.1) is 0 Å². The van der Waals surface area contributed by atoms with Gasteiger partial charge in [0.2, 0.25) is 5.91 Å². The van der Waals surface area contributed by atoms with Crippen LogP contribution in [-0.4, -0.2) is 39.3 Å². The number of anilines is 1. The molecular formula is C22H24N4O3S. The third-order valence-electron chi connectivity index (χ3n) is 4.39. The molecule has 3 rings (SSSR count). The van der Waals surface area contributed by atoms with E-state index in [2.05, 4.69) is 29.4 Å². The van der Waals surface area contributed by atoms with Crippen molar-refractivity contribution in [2.75, 3.05) is 18.2 Å². The lowest BCUT2D eigenvalue weighted by Crippen LogP contribution is -2.08. The number of hydrogen-bond donors (Lipinski definition) is 1. The maximum atomic E-state index is 12.6. The number of carbonyl (C=O) groups excluding carboxylic acids is 2. The molecule has 8 heteroatoms. The van der Waals surface area contributed by atoms with E-state index in [4.69, 9.17) is 4.74 Å². The molecule has 0 spiro atoms. The number of nitrogens with one attached hydrogen (secondary N) is 1. The minimum Gasteiger partial charge on any atom is -0.497 e. The first kappa shape index (κ1) is 21.6. The number of Topliss-reactive ketones (excluding diaryl/α,β-unsaturated/α-hetero) is 1. The fourth-order valence-corrected chi connectivity index (χ4v) is 3.90. The fourth-order valence-electron chi connectivity index (χ4n) is 2.93. The zero-order valence-corrected chi connectivity index (χ0v) is 18.2. The van der Waals surface area contributed by atoms with E-state index in [0.29, 0.717) is 16.4 Å². The Hall–Kier alpha value is -3.13. The topological polar surface area (TPSA) is 86.1 Å². The summed E-state index contributed by atoms with van der Waals surface area (Å²) in [4.78, 5) is 23.7. The van der Waals surface area contributed by atoms with Crippen LogP contribution in [0.5, 0.6) is 5.75 Å². The number of amides is 1. The number of benzene rings is 2. The van der Waals surface area contributed by atoms with Gasteiger partial charge in [0.1, 0.15) is 5.75 Å². The Kier molecular flexibility index (Phi) is 6.89. The maximum Gasteiger partial charge on any atom is 0.221 e. The third-order valence-corrected chi connectivity index (χ3v) is 5.33. The predicted octanol–water partition coefficient (Wildman–Crippen LogP) is 4.47. The molecule has 7 nitrogen and oxygen atoms in total. The molecule has 2 aromatic carbocycles. The molecule has 3 aromatic rings. The van der Waals surface area contributed by atoms with Gasteiger partial charge in [0.25, 0.3) is 0 Å². The quantitative estimate of drug-likeness (QED) is 0.424. The van der Waals surface area contributed by atoms with E-state index in [9.17, 15) is 9.59 Å². The van der Waals surface area contributed by atoms with Crippen molar-refractivity contribution in [2.45, 2.75) is 32.0 Å². The molecule has 0 saturated heterocycles. The van der Waals surface area contributed by atoms with E-state index < -0.39 is 0 Å². The van der Waals surface area contributed by atoms with Gasteiger partial charge in [0.15, 0.2) is 16.8 Å². The Morgan fingerprint density at radius 1 is 1.07 bits per heavy atom. The van der Waals surface area contributed by atoms with Crippen molar-refractivity contribution in [2.24, 2.45) is 0 Å². The monoisotopic (exact) mass is 424 g/mol. The third kappa shape index (κ3) is 5.07. The molecule has 156 valence electrons. The van der Waals surface area contributed by atoms with Crippen molar-refractivity contribution in [3.63, 3.8) is 0 Å². The Morgan fingerprint density at radius 3 is 2.30 bits per heavy atom. The molecule has 0 bridgehead atoms. The molecular weight excluding hydrogens is 400 g/mol. The molecule has 0 aliphatic heterocycles. The fraction of sp³-hybridized carbons (Fsp3) is 0.273. The van der Waals surface area contributed by atoms with Crippen molar-refractivity contribution in [1.29, 1.82) is 0 Å². The van der Waals surface area contributed by atoms with Crippen LogP contribution in [0.25, 0.3) is 11.4 Å². The van der Waals surface area contributed by atoms with Crippen LogP contribution >= 0.6 is 11.8 Å². The van der Waals surface area contributed by atoms with Crippen molar-refractivity contribution < 1.29 is 14.3 Å². The summed E-state index contributed by atoms with van der Waals surface area (Å²) >= 11 is 1.36. The predicted molar refractivity (Wildman–Crippen MR) is 118 cm³/mol. The average molecular weight is 425 g/mol. The summed E-state index contributed by atoms with van der Waals surface area (Å²) in [5.74, 6) is 1.61. The van der Waals surface area contributed by atoms with Crippen molar-refractivity contribution >= 4 is 29.1 Å². The molecule has 0 unspecified atom stereocenters.